The number of nitro benzene ring substituents is 1. The molecule has 2 aromatic carbocycles. The molecule has 0 aliphatic heterocycles. The third-order valence-electron chi connectivity index (χ3n) is 3.65. The van der Waals surface area contributed by atoms with Crippen LogP contribution in [0, 0.1) is 10.1 Å². The Morgan fingerprint density at radius 1 is 1.08 bits per heavy atom. The molecule has 0 bridgehead atoms. The van der Waals surface area contributed by atoms with Gasteiger partial charge in [-0.1, -0.05) is 43.0 Å². The van der Waals surface area contributed by atoms with Gasteiger partial charge in [-0.15, -0.1) is 10.2 Å². The van der Waals surface area contributed by atoms with E-state index in [-0.39, 0.29) is 12.3 Å². The Morgan fingerprint density at radius 3 is 2.42 bits per heavy atom. The smallest absolute Gasteiger partial charge is 0.277 e. The number of non-ortho nitro benzene ring substituents is 1. The molecular weight excluding hydrogens is 354 g/mol. The average Bonchev–Trinajstić information content (AvgIpc) is 3.13. The number of benzene rings is 2. The zero-order valence-electron chi connectivity index (χ0n) is 14.1. The maximum absolute atomic E-state index is 10.6. The number of ether oxygens (including phenoxy) is 1. The molecule has 1 heterocycles. The topological polar surface area (TPSA) is 91.3 Å². The van der Waals surface area contributed by atoms with E-state index in [1.807, 2.05) is 24.3 Å². The fraction of sp³-hybridized carbons (Fsp3) is 0.222. The van der Waals surface area contributed by atoms with Crippen molar-refractivity contribution in [1.29, 1.82) is 0 Å². The van der Waals surface area contributed by atoms with E-state index in [1.165, 1.54) is 29.5 Å². The molecule has 0 unspecified atom stereocenters. The first-order chi connectivity index (χ1) is 12.6. The van der Waals surface area contributed by atoms with Crippen LogP contribution in [0.1, 0.15) is 23.9 Å². The number of hydrogen-bond donors (Lipinski definition) is 0. The van der Waals surface area contributed by atoms with Crippen molar-refractivity contribution in [3.05, 3.63) is 75.7 Å². The minimum absolute atomic E-state index is 0.0722. The molecule has 8 heteroatoms. The van der Waals surface area contributed by atoms with Crippen LogP contribution in [-0.2, 0) is 18.8 Å². The Morgan fingerprint density at radius 2 is 1.77 bits per heavy atom. The summed E-state index contributed by atoms with van der Waals surface area (Å²) < 4.78 is 11.2. The monoisotopic (exact) mass is 371 g/mol. The van der Waals surface area contributed by atoms with Gasteiger partial charge in [0.05, 0.1) is 4.92 Å². The predicted octanol–water partition coefficient (Wildman–Crippen LogP) is 4.41. The molecule has 26 heavy (non-hydrogen) atoms. The van der Waals surface area contributed by atoms with Gasteiger partial charge in [0.1, 0.15) is 5.75 Å². The molecule has 0 radical (unpaired) electrons. The van der Waals surface area contributed by atoms with Gasteiger partial charge >= 0.3 is 0 Å². The quantitative estimate of drug-likeness (QED) is 0.329. The maximum atomic E-state index is 10.6. The minimum atomic E-state index is -0.420. The molecule has 7 nitrogen and oxygen atoms in total. The highest BCUT2D eigenvalue weighted by Gasteiger charge is 2.09. The van der Waals surface area contributed by atoms with Crippen LogP contribution < -0.4 is 4.74 Å². The van der Waals surface area contributed by atoms with E-state index in [9.17, 15) is 10.1 Å². The second kappa shape index (κ2) is 8.48. The van der Waals surface area contributed by atoms with E-state index in [0.717, 1.165) is 17.7 Å². The molecule has 0 fully saturated rings. The van der Waals surface area contributed by atoms with Crippen molar-refractivity contribution in [2.24, 2.45) is 0 Å². The normalized spacial score (nSPS) is 10.7. The van der Waals surface area contributed by atoms with Gasteiger partial charge in [0.15, 0.2) is 6.61 Å². The van der Waals surface area contributed by atoms with Crippen LogP contribution in [0.5, 0.6) is 5.75 Å². The molecule has 0 aliphatic carbocycles. The fourth-order valence-electron chi connectivity index (χ4n) is 2.18. The number of nitrogens with zero attached hydrogens (tertiary/aromatic N) is 3. The molecule has 0 amide bonds. The second-order valence-electron chi connectivity index (χ2n) is 5.46. The lowest BCUT2D eigenvalue weighted by atomic mass is 10.2. The van der Waals surface area contributed by atoms with Crippen molar-refractivity contribution >= 4 is 17.4 Å². The SMILES string of the molecule is CCc1ccc(OCc2nnc(SCc3ccc([N+](=O)[O-])cc3)o2)cc1. The zero-order chi connectivity index (χ0) is 18.4. The Balaban J connectivity index is 1.50. The van der Waals surface area contributed by atoms with Crippen molar-refractivity contribution in [2.75, 3.05) is 0 Å². The lowest BCUT2D eigenvalue weighted by Crippen LogP contribution is -1.95. The summed E-state index contributed by atoms with van der Waals surface area (Å²) in [5.74, 6) is 1.73. The summed E-state index contributed by atoms with van der Waals surface area (Å²) in [6.45, 7) is 2.31. The molecule has 134 valence electrons. The summed E-state index contributed by atoms with van der Waals surface area (Å²) in [7, 11) is 0. The van der Waals surface area contributed by atoms with Gasteiger partial charge in [-0.25, -0.2) is 0 Å². The summed E-state index contributed by atoms with van der Waals surface area (Å²) in [5, 5.41) is 19.0. The molecule has 0 spiro atoms. The third-order valence-corrected chi connectivity index (χ3v) is 4.54. The van der Waals surface area contributed by atoms with Crippen LogP contribution >= 0.6 is 11.8 Å². The molecular formula is C18H17N3O4S. The van der Waals surface area contributed by atoms with Gasteiger partial charge < -0.3 is 9.15 Å². The van der Waals surface area contributed by atoms with Gasteiger partial charge in [0.2, 0.25) is 0 Å². The highest BCUT2D eigenvalue weighted by atomic mass is 32.2. The van der Waals surface area contributed by atoms with Gasteiger partial charge in [-0.05, 0) is 29.7 Å². The Labute approximate surface area is 154 Å². The number of aryl methyl sites for hydroxylation is 1. The van der Waals surface area contributed by atoms with Crippen LogP contribution in [0.3, 0.4) is 0 Å². The second-order valence-corrected chi connectivity index (χ2v) is 6.39. The number of thioether (sulfide) groups is 1. The van der Waals surface area contributed by atoms with Crippen molar-refractivity contribution < 1.29 is 14.1 Å². The molecule has 0 N–H and O–H groups in total. The Hall–Kier alpha value is -2.87. The average molecular weight is 371 g/mol. The first-order valence-electron chi connectivity index (χ1n) is 8.04. The van der Waals surface area contributed by atoms with E-state index >= 15 is 0 Å². The van der Waals surface area contributed by atoms with Gasteiger partial charge in [0, 0.05) is 17.9 Å². The molecule has 3 rings (SSSR count). The van der Waals surface area contributed by atoms with Crippen molar-refractivity contribution in [3.8, 4) is 5.75 Å². The van der Waals surface area contributed by atoms with Gasteiger partial charge in [-0.2, -0.15) is 0 Å². The van der Waals surface area contributed by atoms with Crippen LogP contribution in [0.25, 0.3) is 0 Å². The third kappa shape index (κ3) is 4.82. The molecule has 0 aliphatic rings. The summed E-state index contributed by atoms with van der Waals surface area (Å²) in [6.07, 6.45) is 0.985. The van der Waals surface area contributed by atoms with E-state index in [2.05, 4.69) is 17.1 Å². The standard InChI is InChI=1S/C18H17N3O4S/c1-2-13-5-9-16(10-6-13)24-11-17-19-20-18(25-17)26-12-14-3-7-15(8-4-14)21(22)23/h3-10H,2,11-12H2,1H3. The molecule has 0 saturated carbocycles. The zero-order valence-corrected chi connectivity index (χ0v) is 14.9. The van der Waals surface area contributed by atoms with E-state index in [1.54, 1.807) is 12.1 Å². The largest absolute Gasteiger partial charge is 0.484 e. The first kappa shape index (κ1) is 17.9. The van der Waals surface area contributed by atoms with Crippen molar-refractivity contribution in [2.45, 2.75) is 30.9 Å². The summed E-state index contributed by atoms with van der Waals surface area (Å²) in [6, 6.07) is 14.3. The molecule has 0 saturated heterocycles. The van der Waals surface area contributed by atoms with Crippen molar-refractivity contribution in [1.82, 2.24) is 10.2 Å². The first-order valence-corrected chi connectivity index (χ1v) is 9.03. The van der Waals surface area contributed by atoms with Crippen molar-refractivity contribution in [3.63, 3.8) is 0 Å². The summed E-state index contributed by atoms with van der Waals surface area (Å²) >= 11 is 1.37. The summed E-state index contributed by atoms with van der Waals surface area (Å²) in [5.41, 5.74) is 2.26. The summed E-state index contributed by atoms with van der Waals surface area (Å²) in [4.78, 5) is 10.2. The number of rotatable bonds is 8. The van der Waals surface area contributed by atoms with Gasteiger partial charge in [0.25, 0.3) is 16.8 Å². The Kier molecular flexibility index (Phi) is 5.85. The van der Waals surface area contributed by atoms with E-state index in [0.29, 0.717) is 16.9 Å². The highest BCUT2D eigenvalue weighted by Crippen LogP contribution is 2.23. The van der Waals surface area contributed by atoms with Crippen LogP contribution in [0.15, 0.2) is 58.2 Å². The van der Waals surface area contributed by atoms with Crippen LogP contribution in [0.2, 0.25) is 0 Å². The number of nitro groups is 1. The lowest BCUT2D eigenvalue weighted by Gasteiger charge is -2.03. The molecule has 1 aromatic heterocycles. The van der Waals surface area contributed by atoms with Crippen LogP contribution in [-0.4, -0.2) is 15.1 Å². The van der Waals surface area contributed by atoms with E-state index < -0.39 is 4.92 Å². The van der Waals surface area contributed by atoms with Gasteiger partial charge in [-0.3, -0.25) is 10.1 Å². The molecule has 3 aromatic rings. The maximum Gasteiger partial charge on any atom is 0.277 e. The van der Waals surface area contributed by atoms with E-state index in [4.69, 9.17) is 9.15 Å². The lowest BCUT2D eigenvalue weighted by molar-refractivity contribution is -0.384. The Bertz CT molecular complexity index is 863. The molecule has 0 atom stereocenters. The van der Waals surface area contributed by atoms with Crippen LogP contribution in [0.4, 0.5) is 5.69 Å². The highest BCUT2D eigenvalue weighted by molar-refractivity contribution is 7.98. The fourth-order valence-corrected chi connectivity index (χ4v) is 2.92. The predicted molar refractivity (Wildman–Crippen MR) is 97.1 cm³/mol. The number of aromatic nitrogens is 2. The minimum Gasteiger partial charge on any atom is -0.484 e. The number of hydrogen-bond acceptors (Lipinski definition) is 7.